The summed E-state index contributed by atoms with van der Waals surface area (Å²) in [4.78, 5) is 35.2. The minimum atomic E-state index is -4.54. The molecule has 1 saturated carbocycles. The monoisotopic (exact) mass is 694 g/mol. The number of alkyl halides is 3. The molecule has 7 rings (SSSR count). The van der Waals surface area contributed by atoms with Gasteiger partial charge >= 0.3 is 6.18 Å². The van der Waals surface area contributed by atoms with E-state index in [1.54, 1.807) is 30.3 Å². The molecule has 0 bridgehead atoms. The lowest BCUT2D eigenvalue weighted by molar-refractivity contribution is -0.141. The Morgan fingerprint density at radius 1 is 1.00 bits per heavy atom. The van der Waals surface area contributed by atoms with Gasteiger partial charge < -0.3 is 15.1 Å². The summed E-state index contributed by atoms with van der Waals surface area (Å²) in [7, 11) is -1.50. The van der Waals surface area contributed by atoms with Crippen LogP contribution in [0.3, 0.4) is 0 Å². The molecule has 0 aromatic heterocycles. The van der Waals surface area contributed by atoms with Crippen LogP contribution in [0.2, 0.25) is 0 Å². The number of carbonyl (C=O) groups excluding carboxylic acids is 2. The number of carbonyl (C=O) groups is 2. The normalized spacial score (nSPS) is 24.6. The molecule has 2 unspecified atom stereocenters. The summed E-state index contributed by atoms with van der Waals surface area (Å²) in [6.07, 6.45) is 7.94. The van der Waals surface area contributed by atoms with Crippen molar-refractivity contribution in [2.45, 2.75) is 93.3 Å². The Bertz CT molecular complexity index is 1680. The van der Waals surface area contributed by atoms with Crippen molar-refractivity contribution in [3.05, 3.63) is 81.8 Å². The van der Waals surface area contributed by atoms with Gasteiger partial charge in [-0.15, -0.1) is 0 Å². The highest BCUT2D eigenvalue weighted by Gasteiger charge is 2.50. The highest BCUT2D eigenvalue weighted by atomic mass is 32.2. The number of fused-ring (bicyclic) bond motifs is 2. The fourth-order valence-corrected chi connectivity index (χ4v) is 10.2. The third-order valence-electron chi connectivity index (χ3n) is 11.2. The molecule has 3 heterocycles. The number of hydrogen-bond donors (Lipinski definition) is 1. The number of unbranched alkanes of at least 4 members (excludes halogenated alkanes) is 1. The summed E-state index contributed by atoms with van der Waals surface area (Å²) in [5.41, 5.74) is 3.01. The lowest BCUT2D eigenvalue weighted by Crippen LogP contribution is -2.51. The number of halogens is 3. The Morgan fingerprint density at radius 2 is 1.78 bits per heavy atom. The topological polar surface area (TPSA) is 73.0 Å². The molecule has 7 nitrogen and oxygen atoms in total. The molecule has 0 spiro atoms. The zero-order valence-electron chi connectivity index (χ0n) is 27.9. The van der Waals surface area contributed by atoms with Crippen molar-refractivity contribution in [1.29, 1.82) is 0 Å². The summed E-state index contributed by atoms with van der Waals surface area (Å²) in [5, 5.41) is 2.21. The molecule has 49 heavy (non-hydrogen) atoms. The Hall–Kier alpha value is -3.44. The number of anilines is 1. The van der Waals surface area contributed by atoms with Crippen molar-refractivity contribution in [1.82, 2.24) is 15.1 Å². The van der Waals surface area contributed by atoms with Crippen LogP contribution in [0.15, 0.2) is 70.0 Å². The van der Waals surface area contributed by atoms with Gasteiger partial charge in [-0.2, -0.15) is 13.2 Å². The molecule has 2 fully saturated rings. The second kappa shape index (κ2) is 14.1. The van der Waals surface area contributed by atoms with Crippen LogP contribution in [-0.2, 0) is 27.6 Å². The summed E-state index contributed by atoms with van der Waals surface area (Å²) in [6.45, 7) is 3.52. The van der Waals surface area contributed by atoms with E-state index >= 15 is 0 Å². The van der Waals surface area contributed by atoms with E-state index in [1.807, 2.05) is 6.08 Å². The van der Waals surface area contributed by atoms with Gasteiger partial charge in [-0.05, 0) is 86.0 Å². The second-order valence-corrected chi connectivity index (χ2v) is 15.5. The minimum absolute atomic E-state index is 0.172. The standard InChI is InChI=1S/C38H45F3N4O3S/c39-38(40,41)26-42-36(47)37(31-12-4-6-14-33(31)49(48)34-15-7-5-13-32(34)37)18-8-9-19-43-20-22-44(23-21-43)29-17-16-27-25-45(35(46)30(27)24-29)28-10-2-1-3-11-28/h4,6-7,12,14-17,24,28H,1-3,5,8-11,13,18-23,25-26H2,(H,42,47). The molecule has 2 amide bonds. The van der Waals surface area contributed by atoms with Gasteiger partial charge in [0.2, 0.25) is 5.91 Å². The first-order valence-electron chi connectivity index (χ1n) is 17.8. The Labute approximate surface area is 289 Å². The fraction of sp³-hybridized carbons (Fsp3) is 0.526. The van der Waals surface area contributed by atoms with Crippen molar-refractivity contribution in [2.24, 2.45) is 0 Å². The SMILES string of the molecule is O=C1c2cc(N3CCN(CCCCC4(C(=O)NCC(F)(F)F)C5=C(C=CCC5)S(=O)c5ccccc54)CC3)ccc2CN1C1CCCCC1. The van der Waals surface area contributed by atoms with Crippen LogP contribution >= 0.6 is 0 Å². The number of amides is 2. The first kappa shape index (κ1) is 34.0. The molecular weight excluding hydrogens is 650 g/mol. The van der Waals surface area contributed by atoms with Gasteiger partial charge in [-0.3, -0.25) is 14.5 Å². The number of hydrogen-bond acceptors (Lipinski definition) is 5. The molecule has 11 heteroatoms. The maximum absolute atomic E-state index is 13.9. The van der Waals surface area contributed by atoms with E-state index in [-0.39, 0.29) is 5.91 Å². The maximum atomic E-state index is 13.9. The highest BCUT2D eigenvalue weighted by molar-refractivity contribution is 7.89. The van der Waals surface area contributed by atoms with Crippen LogP contribution in [0.25, 0.3) is 0 Å². The number of piperazine rings is 1. The Kier molecular flexibility index (Phi) is 9.76. The third kappa shape index (κ3) is 6.72. The smallest absolute Gasteiger partial charge is 0.369 e. The summed E-state index contributed by atoms with van der Waals surface area (Å²) < 4.78 is 53.4. The molecule has 2 aromatic rings. The molecular formula is C38H45F3N4O3S. The van der Waals surface area contributed by atoms with E-state index in [4.69, 9.17) is 0 Å². The molecule has 2 aliphatic carbocycles. The van der Waals surface area contributed by atoms with Gasteiger partial charge in [0.1, 0.15) is 6.54 Å². The number of nitrogens with one attached hydrogen (secondary N) is 1. The summed E-state index contributed by atoms with van der Waals surface area (Å²) >= 11 is 0. The van der Waals surface area contributed by atoms with Crippen LogP contribution < -0.4 is 10.2 Å². The van der Waals surface area contributed by atoms with Gasteiger partial charge in [0.25, 0.3) is 5.91 Å². The second-order valence-electron chi connectivity index (χ2n) is 14.1. The molecule has 5 aliphatic rings. The van der Waals surface area contributed by atoms with Crippen LogP contribution in [0.1, 0.15) is 85.7 Å². The van der Waals surface area contributed by atoms with Gasteiger partial charge in [0.15, 0.2) is 0 Å². The average molecular weight is 695 g/mol. The lowest BCUT2D eigenvalue weighted by Gasteiger charge is -2.42. The van der Waals surface area contributed by atoms with E-state index in [0.717, 1.165) is 75.3 Å². The first-order chi connectivity index (χ1) is 23.7. The zero-order chi connectivity index (χ0) is 34.2. The molecule has 3 aliphatic heterocycles. The Morgan fingerprint density at radius 3 is 2.55 bits per heavy atom. The lowest BCUT2D eigenvalue weighted by atomic mass is 9.67. The third-order valence-corrected chi connectivity index (χ3v) is 12.7. The molecule has 1 saturated heterocycles. The van der Waals surface area contributed by atoms with E-state index in [2.05, 4.69) is 38.2 Å². The number of allylic oxidation sites excluding steroid dienone is 2. The minimum Gasteiger partial charge on any atom is -0.369 e. The van der Waals surface area contributed by atoms with E-state index < -0.39 is 34.8 Å². The Balaban J connectivity index is 0.993. The molecule has 2 atom stereocenters. The van der Waals surface area contributed by atoms with E-state index in [1.165, 1.54) is 19.3 Å². The van der Waals surface area contributed by atoms with Crippen LogP contribution in [0, 0.1) is 0 Å². The fourth-order valence-electron chi connectivity index (χ4n) is 8.64. The number of rotatable bonds is 9. The highest BCUT2D eigenvalue weighted by Crippen LogP contribution is 2.50. The van der Waals surface area contributed by atoms with Crippen molar-refractivity contribution < 1.29 is 27.0 Å². The number of benzene rings is 2. The van der Waals surface area contributed by atoms with Gasteiger partial charge in [-0.25, -0.2) is 4.21 Å². The van der Waals surface area contributed by atoms with Gasteiger partial charge in [0, 0.05) is 59.8 Å². The van der Waals surface area contributed by atoms with E-state index in [0.29, 0.717) is 52.7 Å². The average Bonchev–Trinajstić information content (AvgIpc) is 3.46. The molecule has 1 N–H and O–H groups in total. The van der Waals surface area contributed by atoms with Crippen LogP contribution in [0.4, 0.5) is 18.9 Å². The van der Waals surface area contributed by atoms with Crippen LogP contribution in [-0.4, -0.2) is 77.3 Å². The van der Waals surface area contributed by atoms with Crippen molar-refractivity contribution in [2.75, 3.05) is 44.2 Å². The quantitative estimate of drug-likeness (QED) is 0.300. The van der Waals surface area contributed by atoms with Crippen molar-refractivity contribution in [3.8, 4) is 0 Å². The largest absolute Gasteiger partial charge is 0.405 e. The molecule has 262 valence electrons. The zero-order valence-corrected chi connectivity index (χ0v) is 28.7. The predicted molar refractivity (Wildman–Crippen MR) is 185 cm³/mol. The predicted octanol–water partition coefficient (Wildman–Crippen LogP) is 6.61. The molecule has 2 aromatic carbocycles. The van der Waals surface area contributed by atoms with Gasteiger partial charge in [0.05, 0.1) is 16.2 Å². The molecule has 0 radical (unpaired) electrons. The summed E-state index contributed by atoms with van der Waals surface area (Å²) in [5.74, 6) is -0.494. The summed E-state index contributed by atoms with van der Waals surface area (Å²) in [6, 6.07) is 13.7. The van der Waals surface area contributed by atoms with Crippen LogP contribution in [0.5, 0.6) is 0 Å². The first-order valence-corrected chi connectivity index (χ1v) is 19.0. The maximum Gasteiger partial charge on any atom is 0.405 e. The van der Waals surface area contributed by atoms with Gasteiger partial charge in [-0.1, -0.05) is 56.0 Å². The van der Waals surface area contributed by atoms with Crippen molar-refractivity contribution in [3.63, 3.8) is 0 Å². The van der Waals surface area contributed by atoms with Crippen molar-refractivity contribution >= 4 is 28.3 Å². The van der Waals surface area contributed by atoms with E-state index in [9.17, 15) is 27.0 Å². The number of nitrogens with zero attached hydrogens (tertiary/aromatic N) is 3.